The summed E-state index contributed by atoms with van der Waals surface area (Å²) in [4.78, 5) is 12.0. The van der Waals surface area contributed by atoms with Crippen LogP contribution in [-0.2, 0) is 4.79 Å². The number of para-hydroxylation sites is 1. The second-order valence-electron chi connectivity index (χ2n) is 4.54. The lowest BCUT2D eigenvalue weighted by molar-refractivity contribution is -0.116. The SMILES string of the molecule is COc1ccc(NC2C(=O)Nc3ccccc32)cc1O. The molecule has 3 rings (SSSR count). The van der Waals surface area contributed by atoms with Gasteiger partial charge in [-0.2, -0.15) is 0 Å². The van der Waals surface area contributed by atoms with E-state index in [2.05, 4.69) is 10.6 Å². The van der Waals surface area contributed by atoms with Crippen LogP contribution in [0.2, 0.25) is 0 Å². The van der Waals surface area contributed by atoms with E-state index in [9.17, 15) is 9.90 Å². The normalized spacial score (nSPS) is 16.4. The monoisotopic (exact) mass is 270 g/mol. The highest BCUT2D eigenvalue weighted by Gasteiger charge is 2.29. The number of nitrogens with one attached hydrogen (secondary N) is 2. The first kappa shape index (κ1) is 12.3. The van der Waals surface area contributed by atoms with Crippen molar-refractivity contribution < 1.29 is 14.6 Å². The summed E-state index contributed by atoms with van der Waals surface area (Å²) in [5.74, 6) is 0.317. The average molecular weight is 270 g/mol. The van der Waals surface area contributed by atoms with Gasteiger partial charge in [-0.1, -0.05) is 18.2 Å². The third-order valence-corrected chi connectivity index (χ3v) is 3.28. The smallest absolute Gasteiger partial charge is 0.251 e. The molecule has 1 amide bonds. The Morgan fingerprint density at radius 3 is 2.80 bits per heavy atom. The molecule has 0 aliphatic carbocycles. The van der Waals surface area contributed by atoms with E-state index in [0.29, 0.717) is 11.4 Å². The van der Waals surface area contributed by atoms with Gasteiger partial charge >= 0.3 is 0 Å². The molecule has 0 saturated carbocycles. The van der Waals surface area contributed by atoms with Crippen LogP contribution in [0.4, 0.5) is 11.4 Å². The number of ether oxygens (including phenoxy) is 1. The summed E-state index contributed by atoms with van der Waals surface area (Å²) in [5, 5.41) is 15.7. The fraction of sp³-hybridized carbons (Fsp3) is 0.133. The lowest BCUT2D eigenvalue weighted by atomic mass is 10.1. The summed E-state index contributed by atoms with van der Waals surface area (Å²) < 4.78 is 4.99. The number of methoxy groups -OCH3 is 1. The number of rotatable bonds is 3. The van der Waals surface area contributed by atoms with Crippen molar-refractivity contribution in [2.24, 2.45) is 0 Å². The van der Waals surface area contributed by atoms with Crippen LogP contribution < -0.4 is 15.4 Å². The van der Waals surface area contributed by atoms with Crippen LogP contribution in [0.15, 0.2) is 42.5 Å². The third kappa shape index (κ3) is 2.03. The molecule has 1 heterocycles. The molecule has 1 atom stereocenters. The van der Waals surface area contributed by atoms with Crippen molar-refractivity contribution in [1.82, 2.24) is 0 Å². The predicted molar refractivity (Wildman–Crippen MR) is 76.1 cm³/mol. The molecule has 2 aromatic rings. The Bertz CT molecular complexity index is 670. The van der Waals surface area contributed by atoms with E-state index in [1.54, 1.807) is 12.1 Å². The highest BCUT2D eigenvalue weighted by atomic mass is 16.5. The minimum atomic E-state index is -0.459. The number of phenols is 1. The first-order valence-electron chi connectivity index (χ1n) is 6.22. The largest absolute Gasteiger partial charge is 0.504 e. The zero-order valence-electron chi connectivity index (χ0n) is 10.9. The Morgan fingerprint density at radius 1 is 1.25 bits per heavy atom. The molecule has 1 aliphatic rings. The molecule has 3 N–H and O–H groups in total. The van der Waals surface area contributed by atoms with E-state index in [-0.39, 0.29) is 11.7 Å². The summed E-state index contributed by atoms with van der Waals surface area (Å²) >= 11 is 0. The zero-order valence-corrected chi connectivity index (χ0v) is 10.9. The number of hydrogen-bond donors (Lipinski definition) is 3. The summed E-state index contributed by atoms with van der Waals surface area (Å²) in [6.45, 7) is 0. The van der Waals surface area contributed by atoms with E-state index < -0.39 is 6.04 Å². The van der Waals surface area contributed by atoms with Crippen LogP contribution in [0, 0.1) is 0 Å². The van der Waals surface area contributed by atoms with Crippen LogP contribution in [0.1, 0.15) is 11.6 Å². The van der Waals surface area contributed by atoms with Crippen LogP contribution in [0.5, 0.6) is 11.5 Å². The number of carbonyl (C=O) groups excluding carboxylic acids is 1. The lowest BCUT2D eigenvalue weighted by Crippen LogP contribution is -2.19. The molecule has 1 aliphatic heterocycles. The second kappa shape index (κ2) is 4.77. The molecule has 0 spiro atoms. The number of hydrogen-bond acceptors (Lipinski definition) is 4. The number of fused-ring (bicyclic) bond motifs is 1. The van der Waals surface area contributed by atoms with Gasteiger partial charge in [-0.25, -0.2) is 0 Å². The molecule has 5 heteroatoms. The molecule has 0 radical (unpaired) electrons. The summed E-state index contributed by atoms with van der Waals surface area (Å²) in [5.41, 5.74) is 2.36. The van der Waals surface area contributed by atoms with Crippen LogP contribution >= 0.6 is 0 Å². The highest BCUT2D eigenvalue weighted by molar-refractivity contribution is 6.04. The minimum Gasteiger partial charge on any atom is -0.504 e. The van der Waals surface area contributed by atoms with Crippen molar-refractivity contribution in [3.63, 3.8) is 0 Å². The van der Waals surface area contributed by atoms with Gasteiger partial charge in [-0.15, -0.1) is 0 Å². The standard InChI is InChI=1S/C15H14N2O3/c1-20-13-7-6-9(8-12(13)18)16-14-10-4-2-3-5-11(10)17-15(14)19/h2-8,14,16,18H,1H3,(H,17,19). The van der Waals surface area contributed by atoms with E-state index in [4.69, 9.17) is 4.74 Å². The Hall–Kier alpha value is -2.69. The predicted octanol–water partition coefficient (Wildman–Crippen LogP) is 2.51. The van der Waals surface area contributed by atoms with Crippen molar-refractivity contribution in [3.05, 3.63) is 48.0 Å². The maximum absolute atomic E-state index is 12.0. The van der Waals surface area contributed by atoms with Gasteiger partial charge in [0.05, 0.1) is 7.11 Å². The molecule has 0 saturated heterocycles. The topological polar surface area (TPSA) is 70.6 Å². The summed E-state index contributed by atoms with van der Waals surface area (Å²) in [6.07, 6.45) is 0. The van der Waals surface area contributed by atoms with Gasteiger partial charge in [0.25, 0.3) is 5.91 Å². The van der Waals surface area contributed by atoms with E-state index in [1.165, 1.54) is 13.2 Å². The van der Waals surface area contributed by atoms with Crippen molar-refractivity contribution >= 4 is 17.3 Å². The van der Waals surface area contributed by atoms with Gasteiger partial charge in [0.2, 0.25) is 0 Å². The molecular weight excluding hydrogens is 256 g/mol. The Labute approximate surface area is 116 Å². The number of anilines is 2. The Kier molecular flexibility index (Phi) is 2.95. The van der Waals surface area contributed by atoms with Crippen LogP contribution in [0.3, 0.4) is 0 Å². The number of phenolic OH excluding ortho intramolecular Hbond substituents is 1. The number of amides is 1. The minimum absolute atomic E-state index is 0.0317. The van der Waals surface area contributed by atoms with Gasteiger partial charge in [-0.3, -0.25) is 4.79 Å². The molecule has 20 heavy (non-hydrogen) atoms. The molecule has 5 nitrogen and oxygen atoms in total. The van der Waals surface area contributed by atoms with E-state index in [0.717, 1.165) is 11.3 Å². The number of carbonyl (C=O) groups is 1. The van der Waals surface area contributed by atoms with E-state index >= 15 is 0 Å². The summed E-state index contributed by atoms with van der Waals surface area (Å²) in [6, 6.07) is 12.0. The Morgan fingerprint density at radius 2 is 2.05 bits per heavy atom. The zero-order chi connectivity index (χ0) is 14.1. The molecular formula is C15H14N2O3. The van der Waals surface area contributed by atoms with Crippen LogP contribution in [0.25, 0.3) is 0 Å². The van der Waals surface area contributed by atoms with Crippen LogP contribution in [-0.4, -0.2) is 18.1 Å². The Balaban J connectivity index is 1.88. The molecule has 1 unspecified atom stereocenters. The van der Waals surface area contributed by atoms with Crippen molar-refractivity contribution in [2.45, 2.75) is 6.04 Å². The molecule has 0 bridgehead atoms. The van der Waals surface area contributed by atoms with Crippen molar-refractivity contribution in [1.29, 1.82) is 0 Å². The van der Waals surface area contributed by atoms with Gasteiger partial charge in [0.1, 0.15) is 6.04 Å². The van der Waals surface area contributed by atoms with E-state index in [1.807, 2.05) is 24.3 Å². The molecule has 2 aromatic carbocycles. The van der Waals surface area contributed by atoms with Gasteiger partial charge in [0.15, 0.2) is 11.5 Å². The lowest BCUT2D eigenvalue weighted by Gasteiger charge is -2.14. The first-order valence-corrected chi connectivity index (χ1v) is 6.22. The molecule has 0 fully saturated rings. The molecule has 102 valence electrons. The fourth-order valence-corrected chi connectivity index (χ4v) is 2.30. The van der Waals surface area contributed by atoms with Gasteiger partial charge < -0.3 is 20.5 Å². The fourth-order valence-electron chi connectivity index (χ4n) is 2.30. The maximum atomic E-state index is 12.0. The van der Waals surface area contributed by atoms with Crippen molar-refractivity contribution in [2.75, 3.05) is 17.7 Å². The first-order chi connectivity index (χ1) is 9.69. The van der Waals surface area contributed by atoms with Crippen molar-refractivity contribution in [3.8, 4) is 11.5 Å². The van der Waals surface area contributed by atoms with Gasteiger partial charge in [0, 0.05) is 23.0 Å². The number of aromatic hydroxyl groups is 1. The highest BCUT2D eigenvalue weighted by Crippen LogP contribution is 2.35. The molecule has 0 aromatic heterocycles. The maximum Gasteiger partial charge on any atom is 0.251 e. The van der Waals surface area contributed by atoms with Gasteiger partial charge in [-0.05, 0) is 18.2 Å². The number of benzene rings is 2. The average Bonchev–Trinajstić information content (AvgIpc) is 2.76. The second-order valence-corrected chi connectivity index (χ2v) is 4.54. The third-order valence-electron chi connectivity index (χ3n) is 3.28. The summed E-state index contributed by atoms with van der Waals surface area (Å²) in [7, 11) is 1.49. The quantitative estimate of drug-likeness (QED) is 0.801.